The van der Waals surface area contributed by atoms with Crippen molar-refractivity contribution in [3.05, 3.63) is 60.2 Å². The summed E-state index contributed by atoms with van der Waals surface area (Å²) in [6, 6.07) is 16.1. The molecule has 0 heterocycles. The summed E-state index contributed by atoms with van der Waals surface area (Å²) >= 11 is 0. The molecule has 0 unspecified atom stereocenters. The first kappa shape index (κ1) is 14.8. The van der Waals surface area contributed by atoms with Gasteiger partial charge in [-0.3, -0.25) is 4.79 Å². The Hall–Kier alpha value is -2.62. The highest BCUT2D eigenvalue weighted by Gasteiger charge is 2.18. The average Bonchev–Trinajstić information content (AvgIpc) is 2.53. The maximum absolute atomic E-state index is 12.0. The van der Waals surface area contributed by atoms with Crippen LogP contribution in [-0.2, 0) is 4.79 Å². The van der Waals surface area contributed by atoms with Crippen LogP contribution < -0.4 is 5.32 Å². The maximum atomic E-state index is 12.0. The highest BCUT2D eigenvalue weighted by atomic mass is 16.4. The van der Waals surface area contributed by atoms with Gasteiger partial charge in [0.25, 0.3) is 5.91 Å². The zero-order chi connectivity index (χ0) is 15.2. The topological polar surface area (TPSA) is 66.4 Å². The lowest BCUT2D eigenvalue weighted by atomic mass is 10.0. The van der Waals surface area contributed by atoms with E-state index in [1.54, 1.807) is 19.1 Å². The molecule has 0 radical (unpaired) electrons. The largest absolute Gasteiger partial charge is 0.480 e. The maximum Gasteiger partial charge on any atom is 0.326 e. The number of carbonyl (C=O) groups is 2. The molecule has 0 fully saturated rings. The van der Waals surface area contributed by atoms with Gasteiger partial charge < -0.3 is 10.4 Å². The molecule has 0 aliphatic carbocycles. The Morgan fingerprint density at radius 3 is 2.10 bits per heavy atom. The van der Waals surface area contributed by atoms with E-state index >= 15 is 0 Å². The number of aliphatic carboxylic acids is 1. The molecule has 1 amide bonds. The molecule has 2 aromatic rings. The number of nitrogens with one attached hydrogen (secondary N) is 1. The fourth-order valence-electron chi connectivity index (χ4n) is 2.02. The quantitative estimate of drug-likeness (QED) is 0.886. The predicted molar refractivity (Wildman–Crippen MR) is 81.1 cm³/mol. The van der Waals surface area contributed by atoms with Gasteiger partial charge in [0.05, 0.1) is 0 Å². The number of benzene rings is 2. The van der Waals surface area contributed by atoms with Crippen molar-refractivity contribution in [1.29, 1.82) is 0 Å². The Bertz CT molecular complexity index is 620. The van der Waals surface area contributed by atoms with E-state index in [-0.39, 0.29) is 5.91 Å². The third kappa shape index (κ3) is 3.69. The normalized spacial score (nSPS) is 11.7. The van der Waals surface area contributed by atoms with Gasteiger partial charge in [0.15, 0.2) is 0 Å². The Balaban J connectivity index is 2.12. The van der Waals surface area contributed by atoms with Crippen LogP contribution in [0.15, 0.2) is 54.6 Å². The van der Waals surface area contributed by atoms with Gasteiger partial charge in [-0.15, -0.1) is 0 Å². The minimum atomic E-state index is -1.02. The predicted octanol–water partition coefficient (Wildman–Crippen LogP) is 2.95. The third-order valence-electron chi connectivity index (χ3n) is 3.27. The number of hydrogen-bond acceptors (Lipinski definition) is 2. The number of rotatable bonds is 5. The van der Waals surface area contributed by atoms with Crippen LogP contribution in [0.5, 0.6) is 0 Å². The van der Waals surface area contributed by atoms with Crippen molar-refractivity contribution in [3.63, 3.8) is 0 Å². The van der Waals surface area contributed by atoms with Crippen molar-refractivity contribution in [2.75, 3.05) is 0 Å². The van der Waals surface area contributed by atoms with Crippen LogP contribution >= 0.6 is 0 Å². The lowest BCUT2D eigenvalue weighted by molar-refractivity contribution is -0.139. The molecule has 0 saturated heterocycles. The lowest BCUT2D eigenvalue weighted by Gasteiger charge is -2.12. The molecule has 0 aliphatic rings. The van der Waals surface area contributed by atoms with Crippen molar-refractivity contribution in [1.82, 2.24) is 5.32 Å². The summed E-state index contributed by atoms with van der Waals surface area (Å²) in [7, 11) is 0. The SMILES string of the molecule is CC[C@@H](NC(=O)c1ccc(-c2ccccc2)cc1)C(=O)O. The van der Waals surface area contributed by atoms with Crippen molar-refractivity contribution in [2.24, 2.45) is 0 Å². The van der Waals surface area contributed by atoms with E-state index in [1.165, 1.54) is 0 Å². The minimum absolute atomic E-state index is 0.350. The van der Waals surface area contributed by atoms with Crippen LogP contribution in [0.1, 0.15) is 23.7 Å². The van der Waals surface area contributed by atoms with E-state index in [0.717, 1.165) is 11.1 Å². The summed E-state index contributed by atoms with van der Waals surface area (Å²) in [6.07, 6.45) is 0.350. The van der Waals surface area contributed by atoms with Gasteiger partial charge in [0, 0.05) is 5.56 Å². The summed E-state index contributed by atoms with van der Waals surface area (Å²) in [5, 5.41) is 11.5. The van der Waals surface area contributed by atoms with Gasteiger partial charge in [-0.25, -0.2) is 4.79 Å². The molecule has 4 heteroatoms. The highest BCUT2D eigenvalue weighted by Crippen LogP contribution is 2.19. The minimum Gasteiger partial charge on any atom is -0.480 e. The Labute approximate surface area is 123 Å². The third-order valence-corrected chi connectivity index (χ3v) is 3.27. The molecular formula is C17H17NO3. The summed E-state index contributed by atoms with van der Waals surface area (Å²) in [5.41, 5.74) is 2.54. The fourth-order valence-corrected chi connectivity index (χ4v) is 2.02. The second-order valence-corrected chi connectivity index (χ2v) is 4.72. The Kier molecular flexibility index (Phi) is 4.72. The Morgan fingerprint density at radius 2 is 1.57 bits per heavy atom. The molecule has 108 valence electrons. The van der Waals surface area contributed by atoms with Gasteiger partial charge in [-0.1, -0.05) is 49.4 Å². The smallest absolute Gasteiger partial charge is 0.326 e. The second kappa shape index (κ2) is 6.70. The molecule has 4 nitrogen and oxygen atoms in total. The van der Waals surface area contributed by atoms with Crippen LogP contribution in [-0.4, -0.2) is 23.0 Å². The van der Waals surface area contributed by atoms with Gasteiger partial charge in [-0.05, 0) is 29.7 Å². The van der Waals surface area contributed by atoms with E-state index in [9.17, 15) is 9.59 Å². The zero-order valence-corrected chi connectivity index (χ0v) is 11.7. The first-order valence-electron chi connectivity index (χ1n) is 6.81. The molecule has 2 aromatic carbocycles. The summed E-state index contributed by atoms with van der Waals surface area (Å²) in [4.78, 5) is 22.9. The highest BCUT2D eigenvalue weighted by molar-refractivity contribution is 5.96. The molecule has 0 aromatic heterocycles. The number of carboxylic acids is 1. The number of hydrogen-bond donors (Lipinski definition) is 2. The summed E-state index contributed by atoms with van der Waals surface area (Å²) in [6.45, 7) is 1.72. The Morgan fingerprint density at radius 1 is 1.00 bits per heavy atom. The van der Waals surface area contributed by atoms with Gasteiger partial charge >= 0.3 is 5.97 Å². The molecule has 21 heavy (non-hydrogen) atoms. The van der Waals surface area contributed by atoms with Crippen LogP contribution in [0.25, 0.3) is 11.1 Å². The van der Waals surface area contributed by atoms with E-state index in [4.69, 9.17) is 5.11 Å². The molecule has 0 saturated carbocycles. The first-order valence-corrected chi connectivity index (χ1v) is 6.81. The number of amides is 1. The second-order valence-electron chi connectivity index (χ2n) is 4.72. The number of carbonyl (C=O) groups excluding carboxylic acids is 1. The average molecular weight is 283 g/mol. The molecule has 0 aliphatic heterocycles. The molecule has 2 N–H and O–H groups in total. The van der Waals surface area contributed by atoms with Crippen LogP contribution in [0.4, 0.5) is 0 Å². The van der Waals surface area contributed by atoms with Crippen molar-refractivity contribution >= 4 is 11.9 Å². The van der Waals surface area contributed by atoms with Crippen LogP contribution in [0.3, 0.4) is 0 Å². The zero-order valence-electron chi connectivity index (χ0n) is 11.7. The fraction of sp³-hybridized carbons (Fsp3) is 0.176. The van der Waals surface area contributed by atoms with Crippen molar-refractivity contribution in [2.45, 2.75) is 19.4 Å². The molecule has 1 atom stereocenters. The first-order chi connectivity index (χ1) is 10.1. The number of carboxylic acid groups (broad SMARTS) is 1. The van der Waals surface area contributed by atoms with Gasteiger partial charge in [-0.2, -0.15) is 0 Å². The van der Waals surface area contributed by atoms with Gasteiger partial charge in [0.1, 0.15) is 6.04 Å². The molecule has 0 bridgehead atoms. The van der Waals surface area contributed by atoms with Crippen LogP contribution in [0.2, 0.25) is 0 Å². The molecule has 2 rings (SSSR count). The van der Waals surface area contributed by atoms with Gasteiger partial charge in [0.2, 0.25) is 0 Å². The van der Waals surface area contributed by atoms with Crippen LogP contribution in [0, 0.1) is 0 Å². The van der Waals surface area contributed by atoms with E-state index in [2.05, 4.69) is 5.32 Å². The van der Waals surface area contributed by atoms with Crippen molar-refractivity contribution in [3.8, 4) is 11.1 Å². The van der Waals surface area contributed by atoms with Crippen molar-refractivity contribution < 1.29 is 14.7 Å². The summed E-state index contributed by atoms with van der Waals surface area (Å²) < 4.78 is 0. The monoisotopic (exact) mass is 283 g/mol. The van der Waals surface area contributed by atoms with E-state index < -0.39 is 12.0 Å². The lowest BCUT2D eigenvalue weighted by Crippen LogP contribution is -2.40. The standard InChI is InChI=1S/C17H17NO3/c1-2-15(17(20)21)18-16(19)14-10-8-13(9-11-14)12-6-4-3-5-7-12/h3-11,15H,2H2,1H3,(H,18,19)(H,20,21)/t15-/m1/s1. The molecule has 0 spiro atoms. The molecular weight excluding hydrogens is 266 g/mol. The van der Waals surface area contributed by atoms with E-state index in [1.807, 2.05) is 42.5 Å². The summed E-state index contributed by atoms with van der Waals surface area (Å²) in [5.74, 6) is -1.39. The van der Waals surface area contributed by atoms with E-state index in [0.29, 0.717) is 12.0 Å².